The van der Waals surface area contributed by atoms with Gasteiger partial charge in [-0.1, -0.05) is 20.3 Å². The van der Waals surface area contributed by atoms with E-state index in [1.807, 2.05) is 0 Å². The Morgan fingerprint density at radius 3 is 2.48 bits per heavy atom. The zero-order valence-electron chi connectivity index (χ0n) is 15.3. The Hall–Kier alpha value is -0.0800. The van der Waals surface area contributed by atoms with Crippen LogP contribution in [0.1, 0.15) is 78.6 Å². The topological polar surface area (TPSA) is 40.5 Å². The maximum Gasteiger partial charge on any atom is 0.0650 e. The molecule has 2 nitrogen and oxygen atoms in total. The van der Waals surface area contributed by atoms with Crippen LogP contribution in [0.15, 0.2) is 0 Å². The Morgan fingerprint density at radius 2 is 1.74 bits per heavy atom. The minimum atomic E-state index is -0.435. The molecule has 4 aliphatic carbocycles. The molecule has 0 unspecified atom stereocenters. The Labute approximate surface area is 142 Å². The number of rotatable bonds is 1. The third kappa shape index (κ3) is 2.34. The van der Waals surface area contributed by atoms with Gasteiger partial charge >= 0.3 is 0 Å². The molecule has 0 amide bonds. The minimum absolute atomic E-state index is 0.0540. The van der Waals surface area contributed by atoms with Crippen LogP contribution in [0.2, 0.25) is 0 Å². The quantitative estimate of drug-likeness (QED) is 0.752. The summed E-state index contributed by atoms with van der Waals surface area (Å²) in [6, 6.07) is 0. The molecule has 23 heavy (non-hydrogen) atoms. The summed E-state index contributed by atoms with van der Waals surface area (Å²) in [6.07, 6.45) is 10.9. The van der Waals surface area contributed by atoms with Gasteiger partial charge in [-0.3, -0.25) is 0 Å². The fourth-order valence-electron chi connectivity index (χ4n) is 7.71. The first kappa shape index (κ1) is 16.4. The monoisotopic (exact) mass is 320 g/mol. The van der Waals surface area contributed by atoms with Gasteiger partial charge in [-0.2, -0.15) is 0 Å². The summed E-state index contributed by atoms with van der Waals surface area (Å²) >= 11 is 0. The van der Waals surface area contributed by atoms with Crippen LogP contribution in [-0.4, -0.2) is 21.9 Å². The van der Waals surface area contributed by atoms with E-state index in [1.54, 1.807) is 0 Å². The van der Waals surface area contributed by atoms with Crippen molar-refractivity contribution < 1.29 is 10.2 Å². The molecule has 0 radical (unpaired) electrons. The van der Waals surface area contributed by atoms with Crippen LogP contribution in [0.4, 0.5) is 0 Å². The highest BCUT2D eigenvalue weighted by atomic mass is 16.3. The molecule has 4 aliphatic rings. The fourth-order valence-corrected chi connectivity index (χ4v) is 7.71. The minimum Gasteiger partial charge on any atom is -0.393 e. The lowest BCUT2D eigenvalue weighted by atomic mass is 9.48. The van der Waals surface area contributed by atoms with Crippen molar-refractivity contribution in [2.24, 2.45) is 40.9 Å². The van der Waals surface area contributed by atoms with Crippen LogP contribution in [0.3, 0.4) is 0 Å². The van der Waals surface area contributed by atoms with E-state index in [0.717, 1.165) is 48.9 Å². The second-order valence-electron chi connectivity index (χ2n) is 9.98. The molecule has 0 aromatic carbocycles. The Morgan fingerprint density at radius 1 is 0.957 bits per heavy atom. The summed E-state index contributed by atoms with van der Waals surface area (Å²) < 4.78 is 0. The van der Waals surface area contributed by atoms with E-state index in [9.17, 15) is 10.2 Å². The number of aliphatic hydroxyl groups excluding tert-OH is 1. The van der Waals surface area contributed by atoms with Crippen molar-refractivity contribution in [1.29, 1.82) is 0 Å². The fraction of sp³-hybridized carbons (Fsp3) is 1.00. The van der Waals surface area contributed by atoms with Crippen LogP contribution in [0.5, 0.6) is 0 Å². The lowest BCUT2D eigenvalue weighted by Gasteiger charge is -2.58. The summed E-state index contributed by atoms with van der Waals surface area (Å²) in [7, 11) is 0. The summed E-state index contributed by atoms with van der Waals surface area (Å²) in [5, 5.41) is 21.4. The lowest BCUT2D eigenvalue weighted by molar-refractivity contribution is -0.131. The van der Waals surface area contributed by atoms with Gasteiger partial charge in [0.05, 0.1) is 11.7 Å². The van der Waals surface area contributed by atoms with Crippen LogP contribution in [0, 0.1) is 40.9 Å². The van der Waals surface area contributed by atoms with Gasteiger partial charge in [-0.05, 0) is 99.2 Å². The third-order valence-electron chi connectivity index (χ3n) is 9.07. The van der Waals surface area contributed by atoms with E-state index >= 15 is 0 Å². The van der Waals surface area contributed by atoms with Crippen LogP contribution < -0.4 is 0 Å². The zero-order valence-corrected chi connectivity index (χ0v) is 15.3. The first-order chi connectivity index (χ1) is 10.9. The highest BCUT2D eigenvalue weighted by molar-refractivity contribution is 5.07. The van der Waals surface area contributed by atoms with Crippen molar-refractivity contribution in [2.75, 3.05) is 0 Å². The summed E-state index contributed by atoms with van der Waals surface area (Å²) in [6.45, 7) is 6.72. The van der Waals surface area contributed by atoms with Gasteiger partial charge in [0.15, 0.2) is 0 Å². The standard InChI is InChI=1S/C21H36O2/c1-4-14-11-17-13(12-21(14,3)23)5-6-16-15(17)9-10-20(2)18(16)7-8-19(20)22/h13-19,22-23H,4-12H2,1-3H3/t13-,14+,15+,16-,17+,18+,19+,20+,21+/m1/s1. The highest BCUT2D eigenvalue weighted by Crippen LogP contribution is 2.63. The average molecular weight is 321 g/mol. The molecule has 2 N–H and O–H groups in total. The molecule has 4 rings (SSSR count). The van der Waals surface area contributed by atoms with E-state index in [2.05, 4.69) is 20.8 Å². The molecule has 0 heterocycles. The van der Waals surface area contributed by atoms with Crippen molar-refractivity contribution in [1.82, 2.24) is 0 Å². The predicted octanol–water partition coefficient (Wildman–Crippen LogP) is 4.39. The van der Waals surface area contributed by atoms with Crippen LogP contribution in [-0.2, 0) is 0 Å². The second-order valence-corrected chi connectivity index (χ2v) is 9.98. The van der Waals surface area contributed by atoms with Crippen molar-refractivity contribution in [3.8, 4) is 0 Å². The van der Waals surface area contributed by atoms with E-state index < -0.39 is 5.60 Å². The molecule has 2 heteroatoms. The molecular weight excluding hydrogens is 284 g/mol. The maximum atomic E-state index is 10.9. The predicted molar refractivity (Wildman–Crippen MR) is 92.9 cm³/mol. The molecule has 0 saturated heterocycles. The Bertz CT molecular complexity index is 459. The molecule has 4 saturated carbocycles. The molecule has 4 fully saturated rings. The van der Waals surface area contributed by atoms with Gasteiger partial charge in [0.25, 0.3) is 0 Å². The first-order valence-corrected chi connectivity index (χ1v) is 10.3. The summed E-state index contributed by atoms with van der Waals surface area (Å²) in [5.74, 6) is 4.59. The second kappa shape index (κ2) is 5.46. The van der Waals surface area contributed by atoms with E-state index in [0.29, 0.717) is 5.92 Å². The van der Waals surface area contributed by atoms with Crippen molar-refractivity contribution in [2.45, 2.75) is 90.3 Å². The Kier molecular flexibility index (Phi) is 3.89. The van der Waals surface area contributed by atoms with E-state index in [1.165, 1.54) is 38.5 Å². The summed E-state index contributed by atoms with van der Waals surface area (Å²) in [5.41, 5.74) is -0.228. The van der Waals surface area contributed by atoms with Crippen molar-refractivity contribution in [3.63, 3.8) is 0 Å². The number of aliphatic hydroxyl groups is 2. The SMILES string of the molecule is CC[C@H]1C[C@H]2[C@H](CC[C@@H]3[C@@H]2CC[C@]2(C)[C@@H](O)CC[C@@H]32)C[C@]1(C)O. The normalized spacial score (nSPS) is 59.1. The zero-order chi connectivity index (χ0) is 16.4. The molecule has 0 aromatic heterocycles. The van der Waals surface area contributed by atoms with Gasteiger partial charge in [0, 0.05) is 0 Å². The number of hydrogen-bond donors (Lipinski definition) is 2. The molecule has 0 aliphatic heterocycles. The van der Waals surface area contributed by atoms with E-state index in [-0.39, 0.29) is 11.5 Å². The van der Waals surface area contributed by atoms with Crippen LogP contribution in [0.25, 0.3) is 0 Å². The molecule has 9 atom stereocenters. The number of fused-ring (bicyclic) bond motifs is 5. The number of hydrogen-bond acceptors (Lipinski definition) is 2. The molecule has 0 aromatic rings. The summed E-state index contributed by atoms with van der Waals surface area (Å²) in [4.78, 5) is 0. The van der Waals surface area contributed by atoms with Crippen molar-refractivity contribution >= 4 is 0 Å². The van der Waals surface area contributed by atoms with Crippen LogP contribution >= 0.6 is 0 Å². The van der Waals surface area contributed by atoms with Gasteiger partial charge in [-0.25, -0.2) is 0 Å². The van der Waals surface area contributed by atoms with Gasteiger partial charge in [-0.15, -0.1) is 0 Å². The molecule has 132 valence electrons. The molecule has 0 bridgehead atoms. The first-order valence-electron chi connectivity index (χ1n) is 10.3. The smallest absolute Gasteiger partial charge is 0.0650 e. The Balaban J connectivity index is 1.57. The largest absolute Gasteiger partial charge is 0.393 e. The van der Waals surface area contributed by atoms with E-state index in [4.69, 9.17) is 0 Å². The average Bonchev–Trinajstić information content (AvgIpc) is 2.81. The van der Waals surface area contributed by atoms with Gasteiger partial charge < -0.3 is 10.2 Å². The lowest BCUT2D eigenvalue weighted by Crippen LogP contribution is -2.53. The third-order valence-corrected chi connectivity index (χ3v) is 9.07. The van der Waals surface area contributed by atoms with Gasteiger partial charge in [0.2, 0.25) is 0 Å². The molecule has 0 spiro atoms. The highest BCUT2D eigenvalue weighted by Gasteiger charge is 2.58. The molecular formula is C21H36O2. The maximum absolute atomic E-state index is 10.9. The van der Waals surface area contributed by atoms with Crippen molar-refractivity contribution in [3.05, 3.63) is 0 Å². The van der Waals surface area contributed by atoms with Gasteiger partial charge in [0.1, 0.15) is 0 Å².